The molecule has 0 spiro atoms. The van der Waals surface area contributed by atoms with Crippen LogP contribution in [0, 0.1) is 0 Å². The van der Waals surface area contributed by atoms with Gasteiger partial charge in [0.2, 0.25) is 0 Å². The summed E-state index contributed by atoms with van der Waals surface area (Å²) in [6, 6.07) is 0. The monoisotopic (exact) mass is 173 g/mol. The Hall–Kier alpha value is -1.52. The second-order valence-electron chi connectivity index (χ2n) is 2.09. The van der Waals surface area contributed by atoms with Crippen LogP contribution < -0.4 is 5.48 Å². The molecule has 0 aliphatic heterocycles. The van der Waals surface area contributed by atoms with Crippen LogP contribution in [0.15, 0.2) is 11.6 Å². The highest BCUT2D eigenvalue weighted by Gasteiger charge is 2.06. The molecular weight excluding hydrogens is 162 g/mol. The number of allylic oxidation sites excluding steroid dienone is 1. The summed E-state index contributed by atoms with van der Waals surface area (Å²) in [6.07, 6.45) is 0.951. The van der Waals surface area contributed by atoms with E-state index in [2.05, 4.69) is 4.84 Å². The molecule has 0 atom stereocenters. The highest BCUT2D eigenvalue weighted by Crippen LogP contribution is 1.96. The molecule has 0 fully saturated rings. The first-order valence-corrected chi connectivity index (χ1v) is 3.44. The number of hydrogen-bond donors (Lipinski definition) is 2. The van der Waals surface area contributed by atoms with Crippen LogP contribution in [0.2, 0.25) is 0 Å². The third-order valence-corrected chi connectivity index (χ3v) is 1.06. The van der Waals surface area contributed by atoms with E-state index in [1.807, 2.05) is 6.92 Å². The zero-order chi connectivity index (χ0) is 9.56. The fraction of sp³-hybridized carbons (Fsp3) is 0.429. The van der Waals surface area contributed by atoms with Crippen molar-refractivity contribution in [1.82, 2.24) is 5.48 Å². The van der Waals surface area contributed by atoms with E-state index in [0.29, 0.717) is 12.0 Å². The predicted molar refractivity (Wildman–Crippen MR) is 41.3 cm³/mol. The van der Waals surface area contributed by atoms with Gasteiger partial charge in [-0.3, -0.25) is 0 Å². The molecule has 0 saturated heterocycles. The highest BCUT2D eigenvalue weighted by molar-refractivity contribution is 5.88. The van der Waals surface area contributed by atoms with Gasteiger partial charge in [-0.05, 0) is 13.3 Å². The zero-order valence-electron chi connectivity index (χ0n) is 6.96. The summed E-state index contributed by atoms with van der Waals surface area (Å²) in [4.78, 5) is 24.9. The Morgan fingerprint density at radius 2 is 2.17 bits per heavy atom. The molecule has 2 N–H and O–H groups in total. The first kappa shape index (κ1) is 10.5. The van der Waals surface area contributed by atoms with Crippen molar-refractivity contribution in [3.8, 4) is 0 Å². The SMILES string of the molecule is CCC=C(C)C(=O)ONC(=O)O. The number of rotatable bonds is 2. The van der Waals surface area contributed by atoms with Crippen LogP contribution in [-0.2, 0) is 9.63 Å². The normalized spacial score (nSPS) is 10.7. The third-order valence-electron chi connectivity index (χ3n) is 1.06. The van der Waals surface area contributed by atoms with Gasteiger partial charge in [0.25, 0.3) is 0 Å². The number of hydrogen-bond acceptors (Lipinski definition) is 3. The molecule has 0 aromatic heterocycles. The minimum Gasteiger partial charge on any atom is -0.463 e. The maximum absolute atomic E-state index is 10.8. The van der Waals surface area contributed by atoms with Gasteiger partial charge in [0.1, 0.15) is 0 Å². The van der Waals surface area contributed by atoms with Crippen LogP contribution in [0.5, 0.6) is 0 Å². The van der Waals surface area contributed by atoms with Gasteiger partial charge in [-0.15, -0.1) is 5.48 Å². The molecule has 0 aromatic rings. The Morgan fingerprint density at radius 3 is 2.58 bits per heavy atom. The Morgan fingerprint density at radius 1 is 1.58 bits per heavy atom. The van der Waals surface area contributed by atoms with Gasteiger partial charge in [-0.2, -0.15) is 0 Å². The van der Waals surface area contributed by atoms with Crippen molar-refractivity contribution in [2.75, 3.05) is 0 Å². The second kappa shape index (κ2) is 5.17. The quantitative estimate of drug-likeness (QED) is 0.483. The van der Waals surface area contributed by atoms with E-state index in [1.165, 1.54) is 5.48 Å². The summed E-state index contributed by atoms with van der Waals surface area (Å²) in [5, 5.41) is 8.07. The molecule has 0 rings (SSSR count). The van der Waals surface area contributed by atoms with Gasteiger partial charge < -0.3 is 9.94 Å². The van der Waals surface area contributed by atoms with Crippen LogP contribution in [0.4, 0.5) is 4.79 Å². The molecule has 5 heteroatoms. The van der Waals surface area contributed by atoms with Crippen molar-refractivity contribution in [2.45, 2.75) is 20.3 Å². The first-order valence-electron chi connectivity index (χ1n) is 3.44. The lowest BCUT2D eigenvalue weighted by Crippen LogP contribution is -2.25. The van der Waals surface area contributed by atoms with Gasteiger partial charge in [0, 0.05) is 5.57 Å². The molecule has 0 aliphatic carbocycles. The predicted octanol–water partition coefficient (Wildman–Crippen LogP) is 1.07. The van der Waals surface area contributed by atoms with Crippen molar-refractivity contribution < 1.29 is 19.5 Å². The molecule has 0 aliphatic rings. The van der Waals surface area contributed by atoms with Crippen LogP contribution in [-0.4, -0.2) is 17.2 Å². The lowest BCUT2D eigenvalue weighted by molar-refractivity contribution is -0.144. The standard InChI is InChI=1S/C7H11NO4/c1-3-4-5(2)6(9)12-8-7(10)11/h4,8H,3H2,1-2H3,(H,10,11). The van der Waals surface area contributed by atoms with Crippen molar-refractivity contribution in [3.63, 3.8) is 0 Å². The van der Waals surface area contributed by atoms with Crippen molar-refractivity contribution in [2.24, 2.45) is 0 Å². The van der Waals surface area contributed by atoms with E-state index in [4.69, 9.17) is 5.11 Å². The van der Waals surface area contributed by atoms with Gasteiger partial charge in [-0.25, -0.2) is 9.59 Å². The molecule has 0 saturated carbocycles. The van der Waals surface area contributed by atoms with E-state index < -0.39 is 12.1 Å². The fourth-order valence-corrected chi connectivity index (χ4v) is 0.560. The Balaban J connectivity index is 3.88. The minimum atomic E-state index is -1.40. The Bertz CT molecular complexity index is 209. The summed E-state index contributed by atoms with van der Waals surface area (Å²) in [7, 11) is 0. The smallest absolute Gasteiger partial charge is 0.438 e. The number of carbonyl (C=O) groups is 2. The second-order valence-corrected chi connectivity index (χ2v) is 2.09. The molecule has 0 unspecified atom stereocenters. The lowest BCUT2D eigenvalue weighted by Gasteiger charge is -2.00. The van der Waals surface area contributed by atoms with Crippen LogP contribution in [0.3, 0.4) is 0 Å². The molecule has 1 amide bonds. The van der Waals surface area contributed by atoms with Gasteiger partial charge in [0.05, 0.1) is 0 Å². The summed E-state index contributed by atoms with van der Waals surface area (Å²) >= 11 is 0. The van der Waals surface area contributed by atoms with E-state index in [0.717, 1.165) is 0 Å². The maximum atomic E-state index is 10.8. The van der Waals surface area contributed by atoms with E-state index in [1.54, 1.807) is 13.0 Å². The molecule has 12 heavy (non-hydrogen) atoms. The largest absolute Gasteiger partial charge is 0.463 e. The number of nitrogens with one attached hydrogen (secondary N) is 1. The van der Waals surface area contributed by atoms with Crippen LogP contribution in [0.25, 0.3) is 0 Å². The molecule has 5 nitrogen and oxygen atoms in total. The van der Waals surface area contributed by atoms with Crippen molar-refractivity contribution in [3.05, 3.63) is 11.6 Å². The highest BCUT2D eigenvalue weighted by atomic mass is 16.7. The fourth-order valence-electron chi connectivity index (χ4n) is 0.560. The first-order chi connectivity index (χ1) is 5.57. The van der Waals surface area contributed by atoms with Crippen LogP contribution >= 0.6 is 0 Å². The summed E-state index contributed by atoms with van der Waals surface area (Å²) in [6.45, 7) is 3.41. The van der Waals surface area contributed by atoms with Crippen molar-refractivity contribution in [1.29, 1.82) is 0 Å². The molecular formula is C7H11NO4. The average molecular weight is 173 g/mol. The van der Waals surface area contributed by atoms with Gasteiger partial charge in [0.15, 0.2) is 0 Å². The molecule has 0 radical (unpaired) electrons. The van der Waals surface area contributed by atoms with Crippen molar-refractivity contribution >= 4 is 12.1 Å². The number of carboxylic acid groups (broad SMARTS) is 1. The Kier molecular flexibility index (Phi) is 4.52. The van der Waals surface area contributed by atoms with Crippen LogP contribution in [0.1, 0.15) is 20.3 Å². The van der Waals surface area contributed by atoms with Gasteiger partial charge in [-0.1, -0.05) is 13.0 Å². The maximum Gasteiger partial charge on any atom is 0.438 e. The van der Waals surface area contributed by atoms with E-state index >= 15 is 0 Å². The third kappa shape index (κ3) is 4.32. The molecule has 0 aromatic carbocycles. The topological polar surface area (TPSA) is 75.6 Å². The molecule has 0 bridgehead atoms. The summed E-state index contributed by atoms with van der Waals surface area (Å²) < 4.78 is 0. The summed E-state index contributed by atoms with van der Waals surface area (Å²) in [5.41, 5.74) is 1.89. The minimum absolute atomic E-state index is 0.381. The zero-order valence-corrected chi connectivity index (χ0v) is 6.96. The average Bonchev–Trinajstić information content (AvgIpc) is 2.00. The van der Waals surface area contributed by atoms with E-state index in [-0.39, 0.29) is 0 Å². The van der Waals surface area contributed by atoms with E-state index in [9.17, 15) is 9.59 Å². The Labute approximate surface area is 70.0 Å². The lowest BCUT2D eigenvalue weighted by atomic mass is 10.2. The number of amides is 1. The molecule has 0 heterocycles. The molecule has 68 valence electrons. The summed E-state index contributed by atoms with van der Waals surface area (Å²) in [5.74, 6) is -0.681. The number of hydroxylamine groups is 1. The number of carbonyl (C=O) groups excluding carboxylic acids is 1. The van der Waals surface area contributed by atoms with Gasteiger partial charge >= 0.3 is 12.1 Å².